The predicted molar refractivity (Wildman–Crippen MR) is 159 cm³/mol. The number of esters is 1. The summed E-state index contributed by atoms with van der Waals surface area (Å²) in [4.78, 5) is 26.8. The lowest BCUT2D eigenvalue weighted by Crippen LogP contribution is -2.23. The molecule has 0 aromatic heterocycles. The number of hydrogen-bond acceptors (Lipinski definition) is 10. The van der Waals surface area contributed by atoms with Crippen molar-refractivity contribution in [2.24, 2.45) is 0 Å². The first-order valence-corrected chi connectivity index (χ1v) is 17.1. The maximum Gasteiger partial charge on any atom is 0.345 e. The van der Waals surface area contributed by atoms with Crippen LogP contribution in [0.4, 0.5) is 0 Å². The van der Waals surface area contributed by atoms with Gasteiger partial charge >= 0.3 is 21.2 Å². The van der Waals surface area contributed by atoms with Crippen LogP contribution in [0.2, 0.25) is 0 Å². The van der Waals surface area contributed by atoms with Crippen molar-refractivity contribution in [2.75, 3.05) is 40.0 Å². The Kier molecular flexibility index (Phi) is 14.6. The van der Waals surface area contributed by atoms with Gasteiger partial charge < -0.3 is 27.7 Å². The van der Waals surface area contributed by atoms with Gasteiger partial charge in [-0.2, -0.15) is 0 Å². The number of hydrogen-bond donors (Lipinski definition) is 0. The third kappa shape index (κ3) is 10.3. The zero-order valence-corrected chi connectivity index (χ0v) is 26.7. The van der Waals surface area contributed by atoms with E-state index in [1.54, 1.807) is 64.1 Å². The van der Waals surface area contributed by atoms with Gasteiger partial charge in [0.15, 0.2) is 11.2 Å². The van der Waals surface area contributed by atoms with Gasteiger partial charge in [0, 0.05) is 19.0 Å². The Morgan fingerprint density at radius 1 is 0.829 bits per heavy atom. The smallest absolute Gasteiger partial charge is 0.345 e. The molecule has 0 amide bonds. The highest BCUT2D eigenvalue weighted by molar-refractivity contribution is 7.72. The first-order valence-electron chi connectivity index (χ1n) is 13.9. The van der Waals surface area contributed by atoms with Gasteiger partial charge in [0.2, 0.25) is 0 Å². The van der Waals surface area contributed by atoms with E-state index in [-0.39, 0.29) is 44.4 Å². The lowest BCUT2D eigenvalue weighted by molar-refractivity contribution is -0.131. The van der Waals surface area contributed by atoms with E-state index in [0.29, 0.717) is 30.6 Å². The minimum absolute atomic E-state index is 0.124. The van der Waals surface area contributed by atoms with Crippen LogP contribution < -0.4 is 4.74 Å². The lowest BCUT2D eigenvalue weighted by atomic mass is 10.0. The summed E-state index contributed by atoms with van der Waals surface area (Å²) >= 11 is 0. The van der Waals surface area contributed by atoms with Crippen molar-refractivity contribution in [3.05, 3.63) is 65.2 Å². The van der Waals surface area contributed by atoms with Crippen LogP contribution in [0.3, 0.4) is 0 Å². The van der Waals surface area contributed by atoms with Gasteiger partial charge in [-0.15, -0.1) is 0 Å². The van der Waals surface area contributed by atoms with Crippen molar-refractivity contribution in [1.82, 2.24) is 4.90 Å². The van der Waals surface area contributed by atoms with Crippen LogP contribution in [0.1, 0.15) is 68.9 Å². The molecule has 41 heavy (non-hydrogen) atoms. The van der Waals surface area contributed by atoms with Gasteiger partial charge in [0.25, 0.3) is 0 Å². The summed E-state index contributed by atoms with van der Waals surface area (Å²) in [6.45, 7) is 9.60. The molecule has 12 heteroatoms. The summed E-state index contributed by atoms with van der Waals surface area (Å²) in [6, 6.07) is 14.0. The molecule has 0 spiro atoms. The standard InChI is InChI=1S/C29H43NO9P2/c1-7-35-40(33,36-8-2)28(41(34,37-9-3)38-10-4)17-14-20-30(6)22-24-18-19-26(27(21-24)39-23(5)31)29(32)25-15-12-11-13-16-25/h11-13,15-16,18-19,21,28H,7-10,14,17,20,22H2,1-6H3. The fourth-order valence-corrected chi connectivity index (χ4v) is 9.86. The fourth-order valence-electron chi connectivity index (χ4n) is 4.40. The van der Waals surface area contributed by atoms with E-state index in [9.17, 15) is 18.7 Å². The Morgan fingerprint density at radius 3 is 1.85 bits per heavy atom. The van der Waals surface area contributed by atoms with Crippen LogP contribution in [0.25, 0.3) is 0 Å². The van der Waals surface area contributed by atoms with Gasteiger partial charge in [-0.25, -0.2) is 0 Å². The second-order valence-corrected chi connectivity index (χ2v) is 14.1. The molecule has 2 rings (SSSR count). The van der Waals surface area contributed by atoms with Crippen molar-refractivity contribution >= 4 is 26.9 Å². The SMILES string of the molecule is CCOP(=O)(OCC)C(CCCN(C)Cc1ccc(C(=O)c2ccccc2)c(OC(C)=O)c1)P(=O)(OCC)OCC. The van der Waals surface area contributed by atoms with E-state index in [0.717, 1.165) is 5.56 Å². The summed E-state index contributed by atoms with van der Waals surface area (Å²) < 4.78 is 55.1. The summed E-state index contributed by atoms with van der Waals surface area (Å²) in [6.07, 6.45) is 0.721. The fraction of sp³-hybridized carbons (Fsp3) is 0.517. The molecule has 0 aliphatic carbocycles. The van der Waals surface area contributed by atoms with Crippen molar-refractivity contribution in [3.63, 3.8) is 0 Å². The second kappa shape index (κ2) is 17.1. The molecule has 2 aromatic carbocycles. The van der Waals surface area contributed by atoms with Crippen LogP contribution in [0.15, 0.2) is 48.5 Å². The molecule has 228 valence electrons. The number of carbonyl (C=O) groups is 2. The molecular weight excluding hydrogens is 568 g/mol. The third-order valence-corrected chi connectivity index (χ3v) is 12.1. The topological polar surface area (TPSA) is 118 Å². The molecule has 0 N–H and O–H groups in total. The Labute approximate surface area is 243 Å². The molecule has 0 saturated carbocycles. The highest BCUT2D eigenvalue weighted by Crippen LogP contribution is 2.71. The minimum atomic E-state index is -3.81. The number of ketones is 1. The second-order valence-electron chi connectivity index (χ2n) is 9.23. The summed E-state index contributed by atoms with van der Waals surface area (Å²) in [7, 11) is -5.72. The molecular formula is C29H43NO9P2. The number of carbonyl (C=O) groups excluding carboxylic acids is 2. The van der Waals surface area contributed by atoms with Crippen LogP contribution in [0, 0.1) is 0 Å². The van der Waals surface area contributed by atoms with E-state index in [2.05, 4.69) is 0 Å². The number of ether oxygens (including phenoxy) is 1. The summed E-state index contributed by atoms with van der Waals surface area (Å²) in [5.41, 5.74) is 1.62. The van der Waals surface area contributed by atoms with Crippen LogP contribution >= 0.6 is 15.2 Å². The molecule has 0 bridgehead atoms. The summed E-state index contributed by atoms with van der Waals surface area (Å²) in [5, 5.41) is -1.07. The number of benzene rings is 2. The average Bonchev–Trinajstić information content (AvgIpc) is 2.91. The molecule has 0 atom stereocenters. The van der Waals surface area contributed by atoms with Crippen LogP contribution in [-0.2, 0) is 38.6 Å². The highest BCUT2D eigenvalue weighted by Gasteiger charge is 2.50. The quantitative estimate of drug-likeness (QED) is 0.0717. The lowest BCUT2D eigenvalue weighted by Gasteiger charge is -2.31. The minimum Gasteiger partial charge on any atom is -0.426 e. The Hall–Kier alpha value is -2.16. The Bertz CT molecular complexity index is 1170. The largest absolute Gasteiger partial charge is 0.426 e. The van der Waals surface area contributed by atoms with Crippen LogP contribution in [-0.4, -0.2) is 62.1 Å². The molecule has 0 aliphatic rings. The Morgan fingerprint density at radius 2 is 1.37 bits per heavy atom. The number of rotatable bonds is 19. The highest BCUT2D eigenvalue weighted by atomic mass is 31.2. The van der Waals surface area contributed by atoms with E-state index < -0.39 is 26.6 Å². The average molecular weight is 612 g/mol. The molecule has 0 radical (unpaired) electrons. The molecule has 0 unspecified atom stereocenters. The van der Waals surface area contributed by atoms with E-state index in [1.807, 2.05) is 24.1 Å². The van der Waals surface area contributed by atoms with Gasteiger partial charge in [-0.05, 0) is 71.8 Å². The number of nitrogens with zero attached hydrogens (tertiary/aromatic N) is 1. The monoisotopic (exact) mass is 611 g/mol. The van der Waals surface area contributed by atoms with Crippen molar-refractivity contribution in [2.45, 2.75) is 59.4 Å². The van der Waals surface area contributed by atoms with Crippen molar-refractivity contribution < 1.29 is 41.6 Å². The summed E-state index contributed by atoms with van der Waals surface area (Å²) in [5.74, 6) is -0.570. The van der Waals surface area contributed by atoms with E-state index in [1.165, 1.54) is 6.92 Å². The zero-order chi connectivity index (χ0) is 30.5. The first kappa shape index (κ1) is 35.0. The maximum atomic E-state index is 13.7. The first-order chi connectivity index (χ1) is 19.5. The van der Waals surface area contributed by atoms with Crippen molar-refractivity contribution in [1.29, 1.82) is 0 Å². The van der Waals surface area contributed by atoms with Gasteiger partial charge in [0.1, 0.15) is 5.75 Å². The molecule has 0 saturated heterocycles. The van der Waals surface area contributed by atoms with E-state index >= 15 is 0 Å². The predicted octanol–water partition coefficient (Wildman–Crippen LogP) is 6.91. The maximum absolute atomic E-state index is 13.7. The molecule has 0 aliphatic heterocycles. The third-order valence-electron chi connectivity index (χ3n) is 6.00. The molecule has 2 aromatic rings. The zero-order valence-electron chi connectivity index (χ0n) is 24.9. The van der Waals surface area contributed by atoms with Gasteiger partial charge in [0.05, 0.1) is 32.0 Å². The van der Waals surface area contributed by atoms with E-state index in [4.69, 9.17) is 22.8 Å². The van der Waals surface area contributed by atoms with Crippen LogP contribution in [0.5, 0.6) is 5.75 Å². The molecule has 10 nitrogen and oxygen atoms in total. The van der Waals surface area contributed by atoms with Gasteiger partial charge in [-0.3, -0.25) is 18.7 Å². The molecule has 0 fully saturated rings. The van der Waals surface area contributed by atoms with Gasteiger partial charge in [-0.1, -0.05) is 36.4 Å². The Balaban J connectivity index is 2.20. The molecule has 0 heterocycles. The van der Waals surface area contributed by atoms with Crippen molar-refractivity contribution in [3.8, 4) is 5.75 Å². The normalized spacial score (nSPS) is 12.2.